The molecule has 3 N–H and O–H groups in total. The largest absolute Gasteiger partial charge is 0.508 e. The van der Waals surface area contributed by atoms with E-state index >= 15 is 0 Å². The van der Waals surface area contributed by atoms with Crippen LogP contribution in [0.15, 0.2) is 52.7 Å². The summed E-state index contributed by atoms with van der Waals surface area (Å²) < 4.78 is 4.73. The van der Waals surface area contributed by atoms with Crippen LogP contribution >= 0.6 is 0 Å². The number of fused-ring (bicyclic) bond motifs is 1. The zero-order valence-corrected chi connectivity index (χ0v) is 13.8. The number of hydrogen-bond acceptors (Lipinski definition) is 6. The van der Waals surface area contributed by atoms with Crippen LogP contribution in [0.5, 0.6) is 11.6 Å². The minimum Gasteiger partial charge on any atom is -0.508 e. The lowest BCUT2D eigenvalue weighted by Gasteiger charge is -2.01. The van der Waals surface area contributed by atoms with Gasteiger partial charge in [-0.3, -0.25) is 4.79 Å². The highest BCUT2D eigenvalue weighted by molar-refractivity contribution is 6.09. The number of nitrogens with one attached hydrogen (secondary N) is 1. The molecule has 1 amide bonds. The number of methoxy groups -OCH3 is 1. The fourth-order valence-electron chi connectivity index (χ4n) is 2.52. The van der Waals surface area contributed by atoms with Crippen molar-refractivity contribution in [2.45, 2.75) is 6.42 Å². The van der Waals surface area contributed by atoms with Gasteiger partial charge >= 0.3 is 5.97 Å². The fourth-order valence-corrected chi connectivity index (χ4v) is 2.52. The summed E-state index contributed by atoms with van der Waals surface area (Å²) in [6.45, 7) is 0. The third-order valence-corrected chi connectivity index (χ3v) is 3.74. The highest BCUT2D eigenvalue weighted by Crippen LogP contribution is 2.37. The van der Waals surface area contributed by atoms with Crippen LogP contribution < -0.4 is 0 Å². The number of amides is 1. The fraction of sp³-hybridized carbons (Fsp3) is 0.111. The first-order valence-corrected chi connectivity index (χ1v) is 7.64. The first-order valence-electron chi connectivity index (χ1n) is 7.64. The molecule has 1 aromatic heterocycles. The Bertz CT molecular complexity index is 1010. The van der Waals surface area contributed by atoms with Gasteiger partial charge in [0.1, 0.15) is 5.75 Å². The summed E-state index contributed by atoms with van der Waals surface area (Å²) in [6, 6.07) is 10.9. The Morgan fingerprint density at radius 2 is 1.85 bits per heavy atom. The Labute approximate surface area is 147 Å². The third kappa shape index (κ3) is 3.39. The number of carbonyl (C=O) groups is 2. The molecule has 8 nitrogen and oxygen atoms in total. The molecule has 0 unspecified atom stereocenters. The second-order valence-electron chi connectivity index (χ2n) is 5.48. The lowest BCUT2D eigenvalue weighted by Crippen LogP contribution is -2.01. The maximum Gasteiger partial charge on any atom is 0.338 e. The van der Waals surface area contributed by atoms with Crippen molar-refractivity contribution in [1.82, 2.24) is 4.98 Å². The molecule has 2 aromatic carbocycles. The number of phenols is 1. The van der Waals surface area contributed by atoms with E-state index in [2.05, 4.69) is 15.2 Å². The van der Waals surface area contributed by atoms with E-state index in [1.54, 1.807) is 24.3 Å². The van der Waals surface area contributed by atoms with Crippen LogP contribution in [-0.2, 0) is 16.0 Å². The molecule has 3 rings (SSSR count). The van der Waals surface area contributed by atoms with Gasteiger partial charge in [-0.05, 0) is 29.8 Å². The predicted octanol–water partition coefficient (Wildman–Crippen LogP) is 3.22. The van der Waals surface area contributed by atoms with E-state index < -0.39 is 11.9 Å². The monoisotopic (exact) mass is 353 g/mol. The smallest absolute Gasteiger partial charge is 0.338 e. The number of carbonyl (C=O) groups excluding carboxylic acids is 2. The van der Waals surface area contributed by atoms with Gasteiger partial charge in [0.05, 0.1) is 24.6 Å². The van der Waals surface area contributed by atoms with Crippen LogP contribution in [0.4, 0.5) is 5.69 Å². The number of aromatic amines is 1. The van der Waals surface area contributed by atoms with E-state index in [0.717, 1.165) is 0 Å². The minimum absolute atomic E-state index is 0.0138. The van der Waals surface area contributed by atoms with Crippen LogP contribution in [0, 0.1) is 0 Å². The van der Waals surface area contributed by atoms with Gasteiger partial charge in [0.2, 0.25) is 5.88 Å². The van der Waals surface area contributed by atoms with E-state index in [1.165, 1.54) is 25.3 Å². The zero-order valence-electron chi connectivity index (χ0n) is 13.8. The molecule has 3 aromatic rings. The Morgan fingerprint density at radius 3 is 2.54 bits per heavy atom. The molecule has 1 heterocycles. The molecule has 0 bridgehead atoms. The highest BCUT2D eigenvalue weighted by atomic mass is 16.5. The van der Waals surface area contributed by atoms with Crippen molar-refractivity contribution in [3.8, 4) is 11.6 Å². The molecule has 0 saturated carbocycles. The van der Waals surface area contributed by atoms with Crippen molar-refractivity contribution in [2.75, 3.05) is 7.11 Å². The topological polar surface area (TPSA) is 124 Å². The van der Waals surface area contributed by atoms with Crippen LogP contribution in [0.2, 0.25) is 0 Å². The van der Waals surface area contributed by atoms with E-state index in [-0.39, 0.29) is 29.3 Å². The average Bonchev–Trinajstić information content (AvgIpc) is 2.96. The number of rotatable bonds is 4. The zero-order chi connectivity index (χ0) is 18.7. The number of phenolic OH excluding ortho intramolecular Hbond substituents is 1. The summed E-state index contributed by atoms with van der Waals surface area (Å²) in [5.74, 6) is -1.35. The van der Waals surface area contributed by atoms with Gasteiger partial charge in [0, 0.05) is 5.39 Å². The lowest BCUT2D eigenvalue weighted by atomic mass is 10.1. The van der Waals surface area contributed by atoms with Gasteiger partial charge in [0.25, 0.3) is 5.91 Å². The molecule has 0 aliphatic carbocycles. The summed E-state index contributed by atoms with van der Waals surface area (Å²) in [4.78, 5) is 26.6. The van der Waals surface area contributed by atoms with E-state index in [9.17, 15) is 19.8 Å². The summed E-state index contributed by atoms with van der Waals surface area (Å²) in [5.41, 5.74) is 1.30. The Hall–Kier alpha value is -3.68. The van der Waals surface area contributed by atoms with Crippen LogP contribution in [0.3, 0.4) is 0 Å². The summed E-state index contributed by atoms with van der Waals surface area (Å²) in [6.07, 6.45) is -0.0171. The minimum atomic E-state index is -0.596. The number of azo groups is 1. The van der Waals surface area contributed by atoms with E-state index in [0.29, 0.717) is 16.5 Å². The van der Waals surface area contributed by atoms with Gasteiger partial charge in [0.15, 0.2) is 5.69 Å². The van der Waals surface area contributed by atoms with Crippen molar-refractivity contribution in [3.05, 3.63) is 53.6 Å². The number of nitrogens with zero attached hydrogens (tertiary/aromatic N) is 2. The highest BCUT2D eigenvalue weighted by Gasteiger charge is 2.19. The number of aromatic hydroxyl groups is 2. The van der Waals surface area contributed by atoms with Crippen LogP contribution in [0.25, 0.3) is 10.9 Å². The number of hydrogen-bond donors (Lipinski definition) is 3. The summed E-state index contributed by atoms with van der Waals surface area (Å²) in [5, 5.41) is 27.0. The molecule has 0 radical (unpaired) electrons. The molecule has 26 heavy (non-hydrogen) atoms. The number of aromatic nitrogens is 1. The van der Waals surface area contributed by atoms with Crippen molar-refractivity contribution in [1.29, 1.82) is 0 Å². The van der Waals surface area contributed by atoms with Crippen molar-refractivity contribution < 1.29 is 24.5 Å². The molecule has 0 atom stereocenters. The van der Waals surface area contributed by atoms with Gasteiger partial charge in [-0.15, -0.1) is 10.2 Å². The normalized spacial score (nSPS) is 11.1. The first-order chi connectivity index (χ1) is 12.5. The van der Waals surface area contributed by atoms with Crippen molar-refractivity contribution >= 4 is 28.5 Å². The lowest BCUT2D eigenvalue weighted by molar-refractivity contribution is -0.117. The second-order valence-corrected chi connectivity index (χ2v) is 5.48. The third-order valence-electron chi connectivity index (χ3n) is 3.74. The average molecular weight is 353 g/mol. The standard InChI is InChI=1S/C18H15N3O5/c1-26-18(25)12-3-2-4-13-15(12)16(17(24)19-13)21-20-14(23)9-10-5-7-11(22)8-6-10/h2-8,19,22,24H,9H2,1H3. The molecular formula is C18H15N3O5. The number of esters is 1. The Balaban J connectivity index is 1.91. The molecular weight excluding hydrogens is 338 g/mol. The van der Waals surface area contributed by atoms with Gasteiger partial charge in [-0.2, -0.15) is 0 Å². The molecule has 0 aliphatic rings. The second kappa shape index (κ2) is 7.06. The van der Waals surface area contributed by atoms with E-state index in [1.807, 2.05) is 0 Å². The molecule has 0 aliphatic heterocycles. The SMILES string of the molecule is COC(=O)c1cccc2[nH]c(O)c(N=NC(=O)Cc3ccc(O)cc3)c12. The first kappa shape index (κ1) is 17.2. The van der Waals surface area contributed by atoms with Crippen molar-refractivity contribution in [3.63, 3.8) is 0 Å². The van der Waals surface area contributed by atoms with Gasteiger partial charge in [-0.25, -0.2) is 4.79 Å². The quantitative estimate of drug-likeness (QED) is 0.491. The van der Waals surface area contributed by atoms with Crippen LogP contribution in [0.1, 0.15) is 15.9 Å². The Morgan fingerprint density at radius 1 is 1.12 bits per heavy atom. The predicted molar refractivity (Wildman–Crippen MR) is 92.6 cm³/mol. The van der Waals surface area contributed by atoms with E-state index in [4.69, 9.17) is 4.74 Å². The molecule has 0 spiro atoms. The van der Waals surface area contributed by atoms with Gasteiger partial charge in [-0.1, -0.05) is 18.2 Å². The van der Waals surface area contributed by atoms with Gasteiger partial charge < -0.3 is 19.9 Å². The van der Waals surface area contributed by atoms with Crippen molar-refractivity contribution in [2.24, 2.45) is 10.2 Å². The van der Waals surface area contributed by atoms with Crippen LogP contribution in [-0.4, -0.2) is 34.2 Å². The molecule has 8 heteroatoms. The Kier molecular flexibility index (Phi) is 4.66. The number of H-pyrrole nitrogens is 1. The number of benzene rings is 2. The molecule has 132 valence electrons. The maximum atomic E-state index is 12.0. The molecule has 0 fully saturated rings. The summed E-state index contributed by atoms with van der Waals surface area (Å²) in [7, 11) is 1.25. The molecule has 0 saturated heterocycles. The number of ether oxygens (including phenoxy) is 1. The maximum absolute atomic E-state index is 12.0. The summed E-state index contributed by atoms with van der Waals surface area (Å²) >= 11 is 0.